The standard InChI is InChI=1S/C17H13FN4O2/c18-13-7-5-11(6-8-13)14-9-15(21-20-14)17(24)22-19-10-12-3-1-2-4-16(12)23/h1-10,23H,(H,20,21)(H,22,24)/b19-10+. The number of nitrogens with zero attached hydrogens (tertiary/aromatic N) is 2. The summed E-state index contributed by atoms with van der Waals surface area (Å²) >= 11 is 0. The molecule has 7 heteroatoms. The van der Waals surface area contributed by atoms with E-state index in [0.29, 0.717) is 16.8 Å². The van der Waals surface area contributed by atoms with Crippen LogP contribution in [0.2, 0.25) is 0 Å². The summed E-state index contributed by atoms with van der Waals surface area (Å²) in [5.74, 6) is -0.760. The number of rotatable bonds is 4. The van der Waals surface area contributed by atoms with E-state index >= 15 is 0 Å². The number of aromatic hydroxyl groups is 1. The van der Waals surface area contributed by atoms with Gasteiger partial charge in [-0.1, -0.05) is 12.1 Å². The molecule has 3 aromatic rings. The summed E-state index contributed by atoms with van der Waals surface area (Å²) in [6.45, 7) is 0. The molecule has 0 saturated heterocycles. The van der Waals surface area contributed by atoms with Crippen LogP contribution in [0, 0.1) is 5.82 Å². The molecule has 0 bridgehead atoms. The number of carbonyl (C=O) groups excluding carboxylic acids is 1. The van der Waals surface area contributed by atoms with Crippen molar-refractivity contribution in [3.63, 3.8) is 0 Å². The molecule has 0 aliphatic rings. The fourth-order valence-corrected chi connectivity index (χ4v) is 2.02. The van der Waals surface area contributed by atoms with Crippen molar-refractivity contribution in [1.29, 1.82) is 0 Å². The van der Waals surface area contributed by atoms with Crippen LogP contribution in [0.25, 0.3) is 11.3 Å². The number of phenolic OH excluding ortho intramolecular Hbond substituents is 1. The SMILES string of the molecule is O=C(N/N=C/c1ccccc1O)c1cc(-c2ccc(F)cc2)n[nH]1. The molecule has 0 fully saturated rings. The van der Waals surface area contributed by atoms with Crippen molar-refractivity contribution in [3.05, 3.63) is 71.7 Å². The van der Waals surface area contributed by atoms with Gasteiger partial charge in [0.2, 0.25) is 0 Å². The molecular formula is C17H13FN4O2. The third kappa shape index (κ3) is 3.46. The monoisotopic (exact) mass is 324 g/mol. The lowest BCUT2D eigenvalue weighted by Crippen LogP contribution is -2.18. The number of nitrogens with one attached hydrogen (secondary N) is 2. The lowest BCUT2D eigenvalue weighted by Gasteiger charge is -1.98. The Hall–Kier alpha value is -3.48. The van der Waals surface area contributed by atoms with E-state index in [4.69, 9.17) is 0 Å². The van der Waals surface area contributed by atoms with Gasteiger partial charge in [-0.15, -0.1) is 0 Å². The molecule has 6 nitrogen and oxygen atoms in total. The Morgan fingerprint density at radius 3 is 2.71 bits per heavy atom. The molecule has 0 spiro atoms. The second kappa shape index (κ2) is 6.74. The number of carbonyl (C=O) groups is 1. The fraction of sp³-hybridized carbons (Fsp3) is 0. The largest absolute Gasteiger partial charge is 0.507 e. The smallest absolute Gasteiger partial charge is 0.289 e. The number of amides is 1. The molecule has 3 N–H and O–H groups in total. The van der Waals surface area contributed by atoms with Gasteiger partial charge in [-0.25, -0.2) is 9.82 Å². The number of aromatic nitrogens is 2. The molecule has 2 aromatic carbocycles. The van der Waals surface area contributed by atoms with Crippen molar-refractivity contribution in [3.8, 4) is 17.0 Å². The van der Waals surface area contributed by atoms with E-state index in [2.05, 4.69) is 20.7 Å². The minimum Gasteiger partial charge on any atom is -0.507 e. The molecule has 1 heterocycles. The first-order valence-electron chi connectivity index (χ1n) is 7.06. The topological polar surface area (TPSA) is 90.4 Å². The first kappa shape index (κ1) is 15.4. The third-order valence-electron chi connectivity index (χ3n) is 3.27. The van der Waals surface area contributed by atoms with Crippen LogP contribution in [0.15, 0.2) is 59.7 Å². The van der Waals surface area contributed by atoms with Crippen LogP contribution in [-0.2, 0) is 0 Å². The van der Waals surface area contributed by atoms with Crippen LogP contribution < -0.4 is 5.43 Å². The van der Waals surface area contributed by atoms with Crippen molar-refractivity contribution in [2.24, 2.45) is 5.10 Å². The average molecular weight is 324 g/mol. The summed E-state index contributed by atoms with van der Waals surface area (Å²) in [4.78, 5) is 12.0. The van der Waals surface area contributed by atoms with E-state index in [-0.39, 0.29) is 17.3 Å². The van der Waals surface area contributed by atoms with Crippen LogP contribution in [0.5, 0.6) is 5.75 Å². The first-order valence-corrected chi connectivity index (χ1v) is 7.06. The summed E-state index contributed by atoms with van der Waals surface area (Å²) < 4.78 is 12.9. The molecule has 0 aliphatic carbocycles. The van der Waals surface area contributed by atoms with Gasteiger partial charge in [-0.3, -0.25) is 9.89 Å². The highest BCUT2D eigenvalue weighted by molar-refractivity contribution is 5.94. The number of phenols is 1. The number of hydrogen-bond donors (Lipinski definition) is 3. The molecule has 0 radical (unpaired) electrons. The van der Waals surface area contributed by atoms with Gasteiger partial charge in [0.25, 0.3) is 5.91 Å². The molecular weight excluding hydrogens is 311 g/mol. The molecule has 1 amide bonds. The maximum atomic E-state index is 12.9. The van der Waals surface area contributed by atoms with Gasteiger partial charge in [0.05, 0.1) is 11.9 Å². The minimum absolute atomic E-state index is 0.0654. The normalized spacial score (nSPS) is 10.9. The lowest BCUT2D eigenvalue weighted by atomic mass is 10.1. The third-order valence-corrected chi connectivity index (χ3v) is 3.27. The summed E-state index contributed by atoms with van der Waals surface area (Å²) in [5, 5.41) is 20.0. The van der Waals surface area contributed by atoms with Crippen molar-refractivity contribution < 1.29 is 14.3 Å². The van der Waals surface area contributed by atoms with E-state index in [1.54, 1.807) is 30.3 Å². The molecule has 1 aromatic heterocycles. The highest BCUT2D eigenvalue weighted by atomic mass is 19.1. The molecule has 0 unspecified atom stereocenters. The predicted octanol–water partition coefficient (Wildman–Crippen LogP) is 2.69. The number of halogens is 1. The Labute approximate surface area is 136 Å². The maximum Gasteiger partial charge on any atom is 0.289 e. The van der Waals surface area contributed by atoms with Gasteiger partial charge in [0, 0.05) is 11.1 Å². The minimum atomic E-state index is -0.484. The molecule has 3 rings (SSSR count). The Morgan fingerprint density at radius 1 is 1.21 bits per heavy atom. The summed E-state index contributed by atoms with van der Waals surface area (Å²) in [5.41, 5.74) is 4.23. The van der Waals surface area contributed by atoms with E-state index in [0.717, 1.165) is 0 Å². The zero-order valence-corrected chi connectivity index (χ0v) is 12.4. The Balaban J connectivity index is 1.68. The van der Waals surface area contributed by atoms with Gasteiger partial charge in [0.1, 0.15) is 17.3 Å². The van der Waals surface area contributed by atoms with Crippen molar-refractivity contribution >= 4 is 12.1 Å². The number of H-pyrrole nitrogens is 1. The second-order valence-electron chi connectivity index (χ2n) is 4.93. The van der Waals surface area contributed by atoms with Crippen LogP contribution in [0.4, 0.5) is 4.39 Å². The predicted molar refractivity (Wildman–Crippen MR) is 87.1 cm³/mol. The van der Waals surface area contributed by atoms with Gasteiger partial charge < -0.3 is 5.11 Å². The quantitative estimate of drug-likeness (QED) is 0.509. The summed E-state index contributed by atoms with van der Waals surface area (Å²) in [6, 6.07) is 13.9. The zero-order valence-electron chi connectivity index (χ0n) is 12.4. The Kier molecular flexibility index (Phi) is 4.33. The van der Waals surface area contributed by atoms with Gasteiger partial charge in [-0.05, 0) is 42.5 Å². The lowest BCUT2D eigenvalue weighted by molar-refractivity contribution is 0.0950. The van der Waals surface area contributed by atoms with E-state index < -0.39 is 5.91 Å². The summed E-state index contributed by atoms with van der Waals surface area (Å²) in [6.07, 6.45) is 1.34. The van der Waals surface area contributed by atoms with E-state index in [1.807, 2.05) is 0 Å². The zero-order chi connectivity index (χ0) is 16.9. The molecule has 0 saturated carbocycles. The number of hydrogen-bond acceptors (Lipinski definition) is 4. The fourth-order valence-electron chi connectivity index (χ4n) is 2.02. The average Bonchev–Trinajstić information content (AvgIpc) is 3.07. The Morgan fingerprint density at radius 2 is 1.96 bits per heavy atom. The maximum absolute atomic E-state index is 12.9. The van der Waals surface area contributed by atoms with Crippen LogP contribution in [0.1, 0.15) is 16.1 Å². The second-order valence-corrected chi connectivity index (χ2v) is 4.93. The summed E-state index contributed by atoms with van der Waals surface area (Å²) in [7, 11) is 0. The molecule has 0 aliphatic heterocycles. The first-order chi connectivity index (χ1) is 11.6. The van der Waals surface area contributed by atoms with E-state index in [9.17, 15) is 14.3 Å². The van der Waals surface area contributed by atoms with Crippen LogP contribution >= 0.6 is 0 Å². The Bertz CT molecular complexity index is 888. The van der Waals surface area contributed by atoms with Crippen LogP contribution in [0.3, 0.4) is 0 Å². The number of para-hydroxylation sites is 1. The number of benzene rings is 2. The van der Waals surface area contributed by atoms with Crippen LogP contribution in [-0.4, -0.2) is 27.4 Å². The molecule has 0 atom stereocenters. The van der Waals surface area contributed by atoms with E-state index in [1.165, 1.54) is 30.5 Å². The highest BCUT2D eigenvalue weighted by Gasteiger charge is 2.10. The van der Waals surface area contributed by atoms with Gasteiger partial charge >= 0.3 is 0 Å². The van der Waals surface area contributed by atoms with Gasteiger partial charge in [0.15, 0.2) is 0 Å². The van der Waals surface area contributed by atoms with Crippen molar-refractivity contribution in [1.82, 2.24) is 15.6 Å². The number of aromatic amines is 1. The molecule has 24 heavy (non-hydrogen) atoms. The number of hydrazone groups is 1. The highest BCUT2D eigenvalue weighted by Crippen LogP contribution is 2.18. The molecule has 120 valence electrons. The van der Waals surface area contributed by atoms with Crippen molar-refractivity contribution in [2.75, 3.05) is 0 Å². The van der Waals surface area contributed by atoms with Gasteiger partial charge in [-0.2, -0.15) is 10.2 Å². The van der Waals surface area contributed by atoms with Crippen molar-refractivity contribution in [2.45, 2.75) is 0 Å².